The Balaban J connectivity index is 1.77. The van der Waals surface area contributed by atoms with Crippen LogP contribution in [0.15, 0.2) is 48.5 Å². The van der Waals surface area contributed by atoms with Crippen LogP contribution in [0.25, 0.3) is 0 Å². The number of amides is 1. The Bertz CT molecular complexity index is 853. The predicted molar refractivity (Wildman–Crippen MR) is 94.6 cm³/mol. The summed E-state index contributed by atoms with van der Waals surface area (Å²) in [6, 6.07) is 13.4. The number of rotatable bonds is 6. The van der Waals surface area contributed by atoms with E-state index in [1.54, 1.807) is 0 Å². The Morgan fingerprint density at radius 2 is 2.00 bits per heavy atom. The number of hydrogen-bond acceptors (Lipinski definition) is 5. The quantitative estimate of drug-likeness (QED) is 0.283. The Labute approximate surface area is 150 Å². The zero-order valence-electron chi connectivity index (χ0n) is 13.8. The molecule has 0 radical (unpaired) electrons. The van der Waals surface area contributed by atoms with Crippen molar-refractivity contribution in [2.45, 2.75) is 13.0 Å². The summed E-state index contributed by atoms with van der Waals surface area (Å²) in [5, 5.41) is 13.3. The molecule has 0 bridgehead atoms. The minimum atomic E-state index is -0.619. The van der Waals surface area contributed by atoms with Crippen LogP contribution in [-0.4, -0.2) is 23.8 Å². The van der Waals surface area contributed by atoms with Gasteiger partial charge >= 0.3 is 6.09 Å². The highest BCUT2D eigenvalue weighted by atomic mass is 16.6. The average molecular weight is 352 g/mol. The molecule has 0 saturated heterocycles. The highest BCUT2D eigenvalue weighted by Crippen LogP contribution is 2.17. The summed E-state index contributed by atoms with van der Waals surface area (Å²) in [4.78, 5) is 32.6. The van der Waals surface area contributed by atoms with Crippen molar-refractivity contribution in [3.63, 3.8) is 0 Å². The zero-order valence-corrected chi connectivity index (χ0v) is 13.8. The SMILES string of the molecule is O=Cc1cc(C#CCCNC(=O)OCc2ccccc2)ccc1[N+](=O)[O-]. The molecule has 0 atom stereocenters. The van der Waals surface area contributed by atoms with Gasteiger partial charge in [-0.2, -0.15) is 0 Å². The van der Waals surface area contributed by atoms with Gasteiger partial charge < -0.3 is 10.1 Å². The molecule has 2 rings (SSSR count). The van der Waals surface area contributed by atoms with Gasteiger partial charge in [-0.1, -0.05) is 42.2 Å². The second-order valence-electron chi connectivity index (χ2n) is 5.19. The molecular formula is C19H16N2O5. The maximum absolute atomic E-state index is 11.6. The van der Waals surface area contributed by atoms with E-state index < -0.39 is 11.0 Å². The van der Waals surface area contributed by atoms with Crippen LogP contribution in [0.1, 0.15) is 27.9 Å². The maximum Gasteiger partial charge on any atom is 0.407 e. The summed E-state index contributed by atoms with van der Waals surface area (Å²) in [7, 11) is 0. The van der Waals surface area contributed by atoms with Crippen molar-refractivity contribution >= 4 is 18.1 Å². The molecule has 0 heterocycles. The molecule has 2 aromatic rings. The van der Waals surface area contributed by atoms with Gasteiger partial charge in [-0.25, -0.2) is 4.79 Å². The molecule has 0 aliphatic rings. The highest BCUT2D eigenvalue weighted by molar-refractivity contribution is 5.82. The second-order valence-corrected chi connectivity index (χ2v) is 5.19. The van der Waals surface area contributed by atoms with Crippen molar-refractivity contribution in [3.05, 3.63) is 75.3 Å². The van der Waals surface area contributed by atoms with E-state index >= 15 is 0 Å². The molecule has 0 spiro atoms. The number of aldehydes is 1. The first kappa shape index (κ1) is 18.7. The number of alkyl carbamates (subject to hydrolysis) is 1. The smallest absolute Gasteiger partial charge is 0.407 e. The minimum absolute atomic E-state index is 0.0237. The molecule has 132 valence electrons. The normalized spacial score (nSPS) is 9.54. The second kappa shape index (κ2) is 9.59. The van der Waals surface area contributed by atoms with Gasteiger partial charge in [0.15, 0.2) is 6.29 Å². The molecule has 0 aliphatic carbocycles. The monoisotopic (exact) mass is 352 g/mol. The van der Waals surface area contributed by atoms with Crippen LogP contribution < -0.4 is 5.32 Å². The topological polar surface area (TPSA) is 98.5 Å². The van der Waals surface area contributed by atoms with E-state index in [1.165, 1.54) is 18.2 Å². The number of ether oxygens (including phenoxy) is 1. The summed E-state index contributed by atoms with van der Waals surface area (Å²) >= 11 is 0. The van der Waals surface area contributed by atoms with Crippen LogP contribution in [0, 0.1) is 22.0 Å². The minimum Gasteiger partial charge on any atom is -0.445 e. The summed E-state index contributed by atoms with van der Waals surface area (Å²) < 4.78 is 5.06. The summed E-state index contributed by atoms with van der Waals surface area (Å²) in [6.07, 6.45) is 0.260. The zero-order chi connectivity index (χ0) is 18.8. The third-order valence-corrected chi connectivity index (χ3v) is 3.32. The molecule has 7 nitrogen and oxygen atoms in total. The molecule has 1 amide bonds. The maximum atomic E-state index is 11.6. The van der Waals surface area contributed by atoms with E-state index in [9.17, 15) is 19.7 Å². The van der Waals surface area contributed by atoms with Crippen LogP contribution in [0.3, 0.4) is 0 Å². The Kier molecular flexibility index (Phi) is 6.89. The lowest BCUT2D eigenvalue weighted by Gasteiger charge is -2.05. The number of nitrogens with one attached hydrogen (secondary N) is 1. The number of benzene rings is 2. The molecule has 1 N–H and O–H groups in total. The van der Waals surface area contributed by atoms with Gasteiger partial charge in [0, 0.05) is 24.6 Å². The standard InChI is InChI=1S/C19H16N2O5/c22-13-17-12-15(9-10-18(17)21(24)25)6-4-5-11-20-19(23)26-14-16-7-2-1-3-8-16/h1-3,7-10,12-13H,5,11,14H2,(H,20,23). The van der Waals surface area contributed by atoms with Crippen molar-refractivity contribution in [2.75, 3.05) is 6.54 Å². The van der Waals surface area contributed by atoms with Crippen LogP contribution in [0.5, 0.6) is 0 Å². The fraction of sp³-hybridized carbons (Fsp3) is 0.158. The van der Waals surface area contributed by atoms with Crippen LogP contribution in [-0.2, 0) is 11.3 Å². The largest absolute Gasteiger partial charge is 0.445 e. The van der Waals surface area contributed by atoms with E-state index in [0.717, 1.165) is 5.56 Å². The van der Waals surface area contributed by atoms with Gasteiger partial charge in [-0.15, -0.1) is 0 Å². The number of carbonyl (C=O) groups excluding carboxylic acids is 2. The van der Waals surface area contributed by atoms with E-state index in [1.807, 2.05) is 30.3 Å². The summed E-state index contributed by atoms with van der Waals surface area (Å²) in [5.41, 5.74) is 1.11. The molecular weight excluding hydrogens is 336 g/mol. The average Bonchev–Trinajstić information content (AvgIpc) is 2.66. The van der Waals surface area contributed by atoms with Gasteiger partial charge in [0.2, 0.25) is 0 Å². The summed E-state index contributed by atoms with van der Waals surface area (Å²) in [5.74, 6) is 5.62. The van der Waals surface area contributed by atoms with E-state index in [-0.39, 0.29) is 17.9 Å². The fourth-order valence-electron chi connectivity index (χ4n) is 2.06. The Hall–Kier alpha value is -3.66. The number of hydrogen-bond donors (Lipinski definition) is 1. The van der Waals surface area contributed by atoms with Crippen molar-refractivity contribution in [2.24, 2.45) is 0 Å². The third kappa shape index (κ3) is 5.76. The lowest BCUT2D eigenvalue weighted by atomic mass is 10.1. The highest BCUT2D eigenvalue weighted by Gasteiger charge is 2.12. The van der Waals surface area contributed by atoms with Crippen LogP contribution >= 0.6 is 0 Å². The van der Waals surface area contributed by atoms with Gasteiger partial charge in [0.1, 0.15) is 6.61 Å². The van der Waals surface area contributed by atoms with Gasteiger partial charge in [0.25, 0.3) is 5.69 Å². The first-order chi connectivity index (χ1) is 12.6. The van der Waals surface area contributed by atoms with Crippen LogP contribution in [0.4, 0.5) is 10.5 Å². The van der Waals surface area contributed by atoms with Gasteiger partial charge in [-0.3, -0.25) is 14.9 Å². The van der Waals surface area contributed by atoms with Gasteiger partial charge in [0.05, 0.1) is 10.5 Å². The third-order valence-electron chi connectivity index (χ3n) is 3.32. The van der Waals surface area contributed by atoms with Crippen LogP contribution in [0.2, 0.25) is 0 Å². The molecule has 26 heavy (non-hydrogen) atoms. The molecule has 2 aromatic carbocycles. The first-order valence-electron chi connectivity index (χ1n) is 7.77. The van der Waals surface area contributed by atoms with E-state index in [4.69, 9.17) is 4.74 Å². The van der Waals surface area contributed by atoms with Crippen molar-refractivity contribution in [1.82, 2.24) is 5.32 Å². The lowest BCUT2D eigenvalue weighted by Crippen LogP contribution is -2.24. The molecule has 0 unspecified atom stereocenters. The summed E-state index contributed by atoms with van der Waals surface area (Å²) in [6.45, 7) is 0.490. The number of nitrogens with zero attached hydrogens (tertiary/aromatic N) is 1. The van der Waals surface area contributed by atoms with Crippen molar-refractivity contribution < 1.29 is 19.2 Å². The molecule has 0 saturated carbocycles. The van der Waals surface area contributed by atoms with Gasteiger partial charge in [-0.05, 0) is 17.7 Å². The lowest BCUT2D eigenvalue weighted by molar-refractivity contribution is -0.385. The predicted octanol–water partition coefficient (Wildman–Crippen LogP) is 3.08. The first-order valence-corrected chi connectivity index (χ1v) is 7.77. The fourth-order valence-corrected chi connectivity index (χ4v) is 2.06. The number of nitro groups is 1. The van der Waals surface area contributed by atoms with Crippen molar-refractivity contribution in [1.29, 1.82) is 0 Å². The number of carbonyl (C=O) groups is 2. The number of nitro benzene ring substituents is 1. The van der Waals surface area contributed by atoms with E-state index in [2.05, 4.69) is 17.2 Å². The Morgan fingerprint density at radius 3 is 2.69 bits per heavy atom. The van der Waals surface area contributed by atoms with Crippen molar-refractivity contribution in [3.8, 4) is 11.8 Å². The molecule has 0 aliphatic heterocycles. The molecule has 0 fully saturated rings. The molecule has 7 heteroatoms. The molecule has 0 aromatic heterocycles. The van der Waals surface area contributed by atoms with E-state index in [0.29, 0.717) is 24.8 Å². The Morgan fingerprint density at radius 1 is 1.23 bits per heavy atom.